The summed E-state index contributed by atoms with van der Waals surface area (Å²) in [4.78, 5) is 33.8. The van der Waals surface area contributed by atoms with Crippen LogP contribution in [0.15, 0.2) is 12.1 Å². The monoisotopic (exact) mass is 252 g/mol. The van der Waals surface area contributed by atoms with E-state index in [4.69, 9.17) is 14.9 Å². The summed E-state index contributed by atoms with van der Waals surface area (Å²) in [5.41, 5.74) is -0.836. The Hall–Kier alpha value is -2.37. The number of carboxylic acids is 2. The third-order valence-corrected chi connectivity index (χ3v) is 2.34. The van der Waals surface area contributed by atoms with Crippen LogP contribution in [0.25, 0.3) is 0 Å². The minimum atomic E-state index is -1.37. The van der Waals surface area contributed by atoms with Crippen molar-refractivity contribution in [2.45, 2.75) is 13.8 Å². The molecule has 0 aliphatic rings. The first-order valence-electron chi connectivity index (χ1n) is 5.17. The molecule has 0 atom stereocenters. The van der Waals surface area contributed by atoms with Crippen molar-refractivity contribution in [2.75, 3.05) is 6.61 Å². The summed E-state index contributed by atoms with van der Waals surface area (Å²) in [5.74, 6) is -3.68. The van der Waals surface area contributed by atoms with Crippen LogP contribution in [-0.4, -0.2) is 34.7 Å². The summed E-state index contributed by atoms with van der Waals surface area (Å²) in [6.45, 7) is 3.07. The van der Waals surface area contributed by atoms with Gasteiger partial charge in [0.2, 0.25) is 0 Å². The summed E-state index contributed by atoms with van der Waals surface area (Å²) in [6.07, 6.45) is 0. The molecule has 18 heavy (non-hydrogen) atoms. The van der Waals surface area contributed by atoms with Crippen LogP contribution in [0.5, 0.6) is 0 Å². The number of hydrogen-bond donors (Lipinski definition) is 2. The van der Waals surface area contributed by atoms with Crippen LogP contribution in [0, 0.1) is 6.92 Å². The summed E-state index contributed by atoms with van der Waals surface area (Å²) < 4.78 is 4.70. The summed E-state index contributed by atoms with van der Waals surface area (Å²) >= 11 is 0. The summed E-state index contributed by atoms with van der Waals surface area (Å²) in [6, 6.07) is 2.53. The lowest BCUT2D eigenvalue weighted by atomic mass is 9.96. The highest BCUT2D eigenvalue weighted by atomic mass is 16.5. The lowest BCUT2D eigenvalue weighted by Gasteiger charge is -2.11. The Bertz CT molecular complexity index is 518. The van der Waals surface area contributed by atoms with Gasteiger partial charge in [0, 0.05) is 0 Å². The molecule has 0 spiro atoms. The zero-order chi connectivity index (χ0) is 13.9. The maximum Gasteiger partial charge on any atom is 0.339 e. The topological polar surface area (TPSA) is 101 Å². The molecule has 6 nitrogen and oxygen atoms in total. The molecule has 0 radical (unpaired) electrons. The van der Waals surface area contributed by atoms with E-state index in [1.165, 1.54) is 19.1 Å². The fourth-order valence-corrected chi connectivity index (χ4v) is 1.58. The third-order valence-electron chi connectivity index (χ3n) is 2.34. The minimum absolute atomic E-state index is 0.0326. The molecule has 0 aliphatic heterocycles. The van der Waals surface area contributed by atoms with Gasteiger partial charge in [-0.15, -0.1) is 0 Å². The van der Waals surface area contributed by atoms with Crippen molar-refractivity contribution in [3.05, 3.63) is 34.4 Å². The van der Waals surface area contributed by atoms with E-state index in [1.54, 1.807) is 6.92 Å². The highest BCUT2D eigenvalue weighted by Crippen LogP contribution is 2.20. The molecule has 0 unspecified atom stereocenters. The number of esters is 1. The molecule has 0 aromatic heterocycles. The van der Waals surface area contributed by atoms with E-state index in [2.05, 4.69) is 0 Å². The standard InChI is InChI=1S/C12H12O6/c1-3-18-12(17)9-7(10(13)14)5-4-6(2)8(9)11(15)16/h4-5H,3H2,1-2H3,(H,13,14)(H,15,16). The van der Waals surface area contributed by atoms with Gasteiger partial charge in [-0.1, -0.05) is 6.07 Å². The lowest BCUT2D eigenvalue weighted by Crippen LogP contribution is -2.18. The van der Waals surface area contributed by atoms with Crippen LogP contribution in [0.2, 0.25) is 0 Å². The van der Waals surface area contributed by atoms with Crippen LogP contribution >= 0.6 is 0 Å². The Morgan fingerprint density at radius 2 is 1.72 bits per heavy atom. The Kier molecular flexibility index (Phi) is 4.04. The van der Waals surface area contributed by atoms with Crippen LogP contribution in [0.1, 0.15) is 43.6 Å². The predicted octanol–water partition coefficient (Wildman–Crippen LogP) is 1.57. The molecule has 0 fully saturated rings. The molecular weight excluding hydrogens is 240 g/mol. The first-order chi connectivity index (χ1) is 8.40. The molecule has 1 rings (SSSR count). The van der Waals surface area contributed by atoms with E-state index < -0.39 is 23.5 Å². The van der Waals surface area contributed by atoms with Crippen molar-refractivity contribution in [1.82, 2.24) is 0 Å². The van der Waals surface area contributed by atoms with Crippen LogP contribution in [0.4, 0.5) is 0 Å². The van der Waals surface area contributed by atoms with Gasteiger partial charge in [-0.25, -0.2) is 14.4 Å². The molecule has 96 valence electrons. The van der Waals surface area contributed by atoms with Crippen molar-refractivity contribution in [1.29, 1.82) is 0 Å². The van der Waals surface area contributed by atoms with Gasteiger partial charge in [-0.2, -0.15) is 0 Å². The third kappa shape index (κ3) is 2.48. The molecule has 2 N–H and O–H groups in total. The van der Waals surface area contributed by atoms with E-state index >= 15 is 0 Å². The van der Waals surface area contributed by atoms with Crippen molar-refractivity contribution >= 4 is 17.9 Å². The largest absolute Gasteiger partial charge is 0.478 e. The predicted molar refractivity (Wildman–Crippen MR) is 61.1 cm³/mol. The van der Waals surface area contributed by atoms with Gasteiger partial charge >= 0.3 is 17.9 Å². The van der Waals surface area contributed by atoms with Crippen LogP contribution in [0.3, 0.4) is 0 Å². The van der Waals surface area contributed by atoms with Crippen LogP contribution in [-0.2, 0) is 4.74 Å². The maximum absolute atomic E-state index is 11.7. The zero-order valence-corrected chi connectivity index (χ0v) is 9.89. The second-order valence-corrected chi connectivity index (χ2v) is 3.51. The molecular formula is C12H12O6. The number of ether oxygens (including phenoxy) is 1. The maximum atomic E-state index is 11.7. The Labute approximate surface area is 103 Å². The Morgan fingerprint density at radius 3 is 2.17 bits per heavy atom. The van der Waals surface area contributed by atoms with Crippen molar-refractivity contribution in [2.24, 2.45) is 0 Å². The van der Waals surface area contributed by atoms with Gasteiger partial charge in [0.25, 0.3) is 0 Å². The molecule has 0 amide bonds. The van der Waals surface area contributed by atoms with E-state index in [0.717, 1.165) is 0 Å². The molecule has 0 bridgehead atoms. The summed E-state index contributed by atoms with van der Waals surface area (Å²) in [7, 11) is 0. The summed E-state index contributed by atoms with van der Waals surface area (Å²) in [5, 5.41) is 18.0. The number of hydrogen-bond acceptors (Lipinski definition) is 4. The lowest BCUT2D eigenvalue weighted by molar-refractivity contribution is 0.0504. The van der Waals surface area contributed by atoms with Crippen molar-refractivity contribution in [3.8, 4) is 0 Å². The average molecular weight is 252 g/mol. The quantitative estimate of drug-likeness (QED) is 0.789. The fourth-order valence-electron chi connectivity index (χ4n) is 1.58. The number of aromatic carboxylic acids is 2. The van der Waals surface area contributed by atoms with Crippen LogP contribution < -0.4 is 0 Å². The number of carboxylic acid groups (broad SMARTS) is 2. The number of rotatable bonds is 4. The van der Waals surface area contributed by atoms with Crippen molar-refractivity contribution in [3.63, 3.8) is 0 Å². The number of carbonyl (C=O) groups excluding carboxylic acids is 1. The van der Waals surface area contributed by atoms with Gasteiger partial charge in [0.05, 0.1) is 23.3 Å². The smallest absolute Gasteiger partial charge is 0.339 e. The minimum Gasteiger partial charge on any atom is -0.478 e. The second kappa shape index (κ2) is 5.31. The van der Waals surface area contributed by atoms with Gasteiger partial charge in [0.1, 0.15) is 0 Å². The highest BCUT2D eigenvalue weighted by molar-refractivity contribution is 6.10. The molecule has 6 heteroatoms. The molecule has 0 saturated carbocycles. The molecule has 0 saturated heterocycles. The van der Waals surface area contributed by atoms with E-state index in [1.807, 2.05) is 0 Å². The number of benzene rings is 1. The SMILES string of the molecule is CCOC(=O)c1c(C(=O)O)ccc(C)c1C(=O)O. The number of aryl methyl sites for hydroxylation is 1. The van der Waals surface area contributed by atoms with Gasteiger partial charge in [0.15, 0.2) is 0 Å². The van der Waals surface area contributed by atoms with Gasteiger partial charge in [-0.3, -0.25) is 0 Å². The number of carbonyl (C=O) groups is 3. The van der Waals surface area contributed by atoms with E-state index in [-0.39, 0.29) is 17.7 Å². The molecule has 1 aromatic rings. The molecule has 1 aromatic carbocycles. The zero-order valence-electron chi connectivity index (χ0n) is 9.89. The molecule has 0 heterocycles. The van der Waals surface area contributed by atoms with E-state index in [9.17, 15) is 14.4 Å². The Balaban J connectivity index is 3.58. The van der Waals surface area contributed by atoms with Gasteiger partial charge < -0.3 is 14.9 Å². The van der Waals surface area contributed by atoms with E-state index in [0.29, 0.717) is 5.56 Å². The van der Waals surface area contributed by atoms with Gasteiger partial charge in [-0.05, 0) is 25.5 Å². The average Bonchev–Trinajstić information content (AvgIpc) is 2.27. The highest BCUT2D eigenvalue weighted by Gasteiger charge is 2.26. The first-order valence-corrected chi connectivity index (χ1v) is 5.17. The normalized spacial score (nSPS) is 9.89. The second-order valence-electron chi connectivity index (χ2n) is 3.51. The fraction of sp³-hybridized carbons (Fsp3) is 0.250. The first kappa shape index (κ1) is 13.7. The molecule has 0 aliphatic carbocycles. The van der Waals surface area contributed by atoms with Crippen molar-refractivity contribution < 1.29 is 29.3 Å². The Morgan fingerprint density at radius 1 is 1.11 bits per heavy atom.